The van der Waals surface area contributed by atoms with Crippen molar-refractivity contribution in [3.63, 3.8) is 0 Å². The monoisotopic (exact) mass is 349 g/mol. The lowest BCUT2D eigenvalue weighted by Gasteiger charge is -2.22. The Hall–Kier alpha value is -2.21. The van der Waals surface area contributed by atoms with Crippen LogP contribution in [0.4, 0.5) is 25.8 Å². The summed E-state index contributed by atoms with van der Waals surface area (Å²) in [5, 5.41) is 6.12. The molecule has 0 aliphatic heterocycles. The van der Waals surface area contributed by atoms with Crippen LogP contribution in [0.15, 0.2) is 36.4 Å². The smallest absolute Gasteiger partial charge is 0.175 e. The minimum Gasteiger partial charge on any atom is -0.372 e. The number of rotatable bonds is 5. The number of hydrogen-bond acceptors (Lipinski definition) is 2. The van der Waals surface area contributed by atoms with Crippen LogP contribution in [-0.2, 0) is 0 Å². The zero-order valence-electron chi connectivity index (χ0n) is 14.0. The van der Waals surface area contributed by atoms with Crippen molar-refractivity contribution in [2.75, 3.05) is 28.6 Å². The Kier molecular flexibility index (Phi) is 6.09. The van der Waals surface area contributed by atoms with Crippen molar-refractivity contribution in [3.05, 3.63) is 53.6 Å². The van der Waals surface area contributed by atoms with Crippen LogP contribution < -0.4 is 15.5 Å². The van der Waals surface area contributed by atoms with Gasteiger partial charge >= 0.3 is 0 Å². The summed E-state index contributed by atoms with van der Waals surface area (Å²) in [6.07, 6.45) is 0. The first kappa shape index (κ1) is 18.1. The number of thiocarbonyl (C=S) groups is 1. The fraction of sp³-hybridized carbons (Fsp3) is 0.278. The predicted molar refractivity (Wildman–Crippen MR) is 101 cm³/mol. The molecule has 0 bridgehead atoms. The van der Waals surface area contributed by atoms with Gasteiger partial charge in [-0.15, -0.1) is 0 Å². The van der Waals surface area contributed by atoms with E-state index >= 15 is 0 Å². The topological polar surface area (TPSA) is 27.3 Å². The second-order valence-corrected chi connectivity index (χ2v) is 5.82. The highest BCUT2D eigenvalue weighted by molar-refractivity contribution is 7.80. The second kappa shape index (κ2) is 8.06. The highest BCUT2D eigenvalue weighted by Crippen LogP contribution is 2.23. The van der Waals surface area contributed by atoms with Crippen LogP contribution in [0, 0.1) is 18.6 Å². The maximum atomic E-state index is 13.2. The Labute approximate surface area is 146 Å². The zero-order valence-corrected chi connectivity index (χ0v) is 14.8. The molecule has 0 spiro atoms. The van der Waals surface area contributed by atoms with Crippen LogP contribution in [0.1, 0.15) is 19.4 Å². The molecule has 0 heterocycles. The normalized spacial score (nSPS) is 10.4. The van der Waals surface area contributed by atoms with Crippen LogP contribution in [0.5, 0.6) is 0 Å². The van der Waals surface area contributed by atoms with Gasteiger partial charge in [0.25, 0.3) is 0 Å². The maximum absolute atomic E-state index is 13.2. The number of benzene rings is 2. The van der Waals surface area contributed by atoms with Crippen LogP contribution in [-0.4, -0.2) is 18.2 Å². The summed E-state index contributed by atoms with van der Waals surface area (Å²) in [4.78, 5) is 2.25. The largest absolute Gasteiger partial charge is 0.372 e. The molecule has 0 unspecified atom stereocenters. The molecule has 0 amide bonds. The lowest BCUT2D eigenvalue weighted by molar-refractivity contribution is 0.584. The Morgan fingerprint density at radius 3 is 2.17 bits per heavy atom. The van der Waals surface area contributed by atoms with Crippen LogP contribution in [0.3, 0.4) is 0 Å². The molecular formula is C18H21F2N3S. The lowest BCUT2D eigenvalue weighted by atomic mass is 10.1. The van der Waals surface area contributed by atoms with E-state index < -0.39 is 11.6 Å². The number of halogens is 2. The molecule has 0 aromatic heterocycles. The van der Waals surface area contributed by atoms with Gasteiger partial charge in [0.2, 0.25) is 0 Å². The SMILES string of the molecule is CCN(CC)c1ccc(NC(=S)Nc2cc(F)cc(F)c2)c(C)c1. The van der Waals surface area contributed by atoms with Gasteiger partial charge in [-0.3, -0.25) is 0 Å². The molecule has 0 atom stereocenters. The van der Waals surface area contributed by atoms with Gasteiger partial charge in [-0.1, -0.05) is 0 Å². The van der Waals surface area contributed by atoms with Crippen LogP contribution >= 0.6 is 12.2 Å². The third kappa shape index (κ3) is 4.64. The number of aryl methyl sites for hydroxylation is 1. The predicted octanol–water partition coefficient (Wildman–Crippen LogP) is 4.93. The summed E-state index contributed by atoms with van der Waals surface area (Å²) >= 11 is 5.22. The highest BCUT2D eigenvalue weighted by atomic mass is 32.1. The van der Waals surface area contributed by atoms with Gasteiger partial charge in [0.05, 0.1) is 0 Å². The Bertz CT molecular complexity index is 710. The first-order valence-electron chi connectivity index (χ1n) is 7.82. The van der Waals surface area contributed by atoms with Gasteiger partial charge in [-0.25, -0.2) is 8.78 Å². The van der Waals surface area contributed by atoms with Gasteiger partial charge < -0.3 is 15.5 Å². The fourth-order valence-corrected chi connectivity index (χ4v) is 2.71. The summed E-state index contributed by atoms with van der Waals surface area (Å²) in [6.45, 7) is 8.09. The molecule has 3 nitrogen and oxygen atoms in total. The van der Waals surface area contributed by atoms with Gasteiger partial charge in [0, 0.05) is 36.2 Å². The average molecular weight is 349 g/mol. The van der Waals surface area contributed by atoms with E-state index in [4.69, 9.17) is 12.2 Å². The lowest BCUT2D eigenvalue weighted by Crippen LogP contribution is -2.22. The molecule has 0 radical (unpaired) electrons. The standard InChI is InChI=1S/C18H21F2N3S/c1-4-23(5-2)16-6-7-17(12(3)8-16)22-18(24)21-15-10-13(19)9-14(20)11-15/h6-11H,4-5H2,1-3H3,(H2,21,22,24). The maximum Gasteiger partial charge on any atom is 0.175 e. The first-order chi connectivity index (χ1) is 11.4. The summed E-state index contributed by atoms with van der Waals surface area (Å²) in [5.41, 5.74) is 3.30. The molecule has 0 aliphatic rings. The molecule has 0 saturated carbocycles. The molecule has 2 aromatic rings. The fourth-order valence-electron chi connectivity index (χ4n) is 2.48. The number of nitrogens with zero attached hydrogens (tertiary/aromatic N) is 1. The van der Waals surface area contributed by atoms with E-state index in [1.54, 1.807) is 0 Å². The summed E-state index contributed by atoms with van der Waals surface area (Å²) in [6, 6.07) is 9.24. The molecule has 2 N–H and O–H groups in total. The second-order valence-electron chi connectivity index (χ2n) is 5.41. The van der Waals surface area contributed by atoms with Gasteiger partial charge in [0.15, 0.2) is 5.11 Å². The molecule has 6 heteroatoms. The molecule has 0 fully saturated rings. The van der Waals surface area contributed by atoms with Crippen molar-refractivity contribution in [2.45, 2.75) is 20.8 Å². The Balaban J connectivity index is 2.08. The summed E-state index contributed by atoms with van der Waals surface area (Å²) in [7, 11) is 0. The summed E-state index contributed by atoms with van der Waals surface area (Å²) in [5.74, 6) is -1.31. The van der Waals surface area contributed by atoms with Crippen molar-refractivity contribution >= 4 is 34.4 Å². The van der Waals surface area contributed by atoms with E-state index in [2.05, 4.69) is 35.4 Å². The van der Waals surface area contributed by atoms with E-state index in [9.17, 15) is 8.78 Å². The Morgan fingerprint density at radius 2 is 1.62 bits per heavy atom. The minimum absolute atomic E-state index is 0.266. The van der Waals surface area contributed by atoms with E-state index in [0.29, 0.717) is 0 Å². The van der Waals surface area contributed by atoms with Gasteiger partial charge in [-0.05, 0) is 68.9 Å². The molecule has 0 saturated heterocycles. The third-order valence-corrected chi connectivity index (χ3v) is 3.91. The number of hydrogen-bond donors (Lipinski definition) is 2. The van der Waals surface area contributed by atoms with Gasteiger partial charge in [-0.2, -0.15) is 0 Å². The molecule has 2 aromatic carbocycles. The van der Waals surface area contributed by atoms with E-state index in [0.717, 1.165) is 36.1 Å². The number of anilines is 3. The van der Waals surface area contributed by atoms with Crippen molar-refractivity contribution in [3.8, 4) is 0 Å². The van der Waals surface area contributed by atoms with Crippen LogP contribution in [0.25, 0.3) is 0 Å². The highest BCUT2D eigenvalue weighted by Gasteiger charge is 2.07. The average Bonchev–Trinajstić information content (AvgIpc) is 2.50. The van der Waals surface area contributed by atoms with Crippen molar-refractivity contribution < 1.29 is 8.78 Å². The zero-order chi connectivity index (χ0) is 17.7. The molecule has 128 valence electrons. The first-order valence-corrected chi connectivity index (χ1v) is 8.23. The molecule has 24 heavy (non-hydrogen) atoms. The van der Waals surface area contributed by atoms with E-state index in [1.807, 2.05) is 19.1 Å². The molecule has 0 aliphatic carbocycles. The minimum atomic E-state index is -0.653. The van der Waals surface area contributed by atoms with Gasteiger partial charge in [0.1, 0.15) is 11.6 Å². The molecular weight excluding hydrogens is 328 g/mol. The van der Waals surface area contributed by atoms with Crippen molar-refractivity contribution in [2.24, 2.45) is 0 Å². The Morgan fingerprint density at radius 1 is 1.00 bits per heavy atom. The molecule has 2 rings (SSSR count). The summed E-state index contributed by atoms with van der Waals surface area (Å²) < 4.78 is 26.4. The van der Waals surface area contributed by atoms with Crippen LogP contribution in [0.2, 0.25) is 0 Å². The van der Waals surface area contributed by atoms with E-state index in [1.165, 1.54) is 12.1 Å². The van der Waals surface area contributed by atoms with Crippen molar-refractivity contribution in [1.82, 2.24) is 0 Å². The quantitative estimate of drug-likeness (QED) is 0.749. The third-order valence-electron chi connectivity index (χ3n) is 3.71. The van der Waals surface area contributed by atoms with E-state index in [-0.39, 0.29) is 10.8 Å². The number of nitrogens with one attached hydrogen (secondary N) is 2. The van der Waals surface area contributed by atoms with Crippen molar-refractivity contribution in [1.29, 1.82) is 0 Å².